The summed E-state index contributed by atoms with van der Waals surface area (Å²) in [5.74, 6) is 0.748. The molecule has 0 saturated carbocycles. The van der Waals surface area contributed by atoms with E-state index in [4.69, 9.17) is 4.74 Å². The van der Waals surface area contributed by atoms with Crippen LogP contribution in [0.2, 0.25) is 0 Å². The number of para-hydroxylation sites is 1. The molecule has 1 amide bonds. The van der Waals surface area contributed by atoms with Gasteiger partial charge in [-0.3, -0.25) is 9.59 Å². The van der Waals surface area contributed by atoms with Crippen LogP contribution in [0.4, 0.5) is 0 Å². The van der Waals surface area contributed by atoms with E-state index in [9.17, 15) is 9.59 Å². The molecule has 0 saturated heterocycles. The number of fused-ring (bicyclic) bond motifs is 1. The van der Waals surface area contributed by atoms with Crippen LogP contribution < -0.4 is 0 Å². The largest absolute Gasteiger partial charge is 0.469 e. The summed E-state index contributed by atoms with van der Waals surface area (Å²) in [6.45, 7) is 0.834. The first-order chi connectivity index (χ1) is 13.7. The fourth-order valence-electron chi connectivity index (χ4n) is 2.72. The number of hydrogen-bond acceptors (Lipinski definition) is 6. The lowest BCUT2D eigenvalue weighted by molar-refractivity contribution is -0.141. The van der Waals surface area contributed by atoms with Crippen molar-refractivity contribution in [2.24, 2.45) is 0 Å². The van der Waals surface area contributed by atoms with Crippen molar-refractivity contribution < 1.29 is 14.3 Å². The van der Waals surface area contributed by atoms with E-state index in [1.165, 1.54) is 7.11 Å². The van der Waals surface area contributed by atoms with Gasteiger partial charge >= 0.3 is 5.97 Å². The highest BCUT2D eigenvalue weighted by Gasteiger charge is 2.16. The fraction of sp³-hybridized carbons (Fsp3) is 0.286. The molecule has 0 fully saturated rings. The number of nitrogens with zero attached hydrogens (tertiary/aromatic N) is 2. The quantitative estimate of drug-likeness (QED) is 0.493. The van der Waals surface area contributed by atoms with Crippen LogP contribution in [0, 0.1) is 0 Å². The molecule has 0 aliphatic rings. The number of thiazole rings is 1. The third kappa shape index (κ3) is 5.81. The van der Waals surface area contributed by atoms with Crippen LogP contribution in [0.25, 0.3) is 10.2 Å². The molecule has 5 nitrogen and oxygen atoms in total. The van der Waals surface area contributed by atoms with E-state index in [2.05, 4.69) is 11.1 Å². The number of ether oxygens (including phenoxy) is 1. The summed E-state index contributed by atoms with van der Waals surface area (Å²) in [7, 11) is 1.36. The van der Waals surface area contributed by atoms with Gasteiger partial charge in [-0.1, -0.05) is 42.5 Å². The van der Waals surface area contributed by atoms with E-state index in [1.54, 1.807) is 28.0 Å². The Morgan fingerprint density at radius 2 is 1.86 bits per heavy atom. The highest BCUT2D eigenvalue weighted by atomic mass is 32.2. The zero-order valence-electron chi connectivity index (χ0n) is 15.7. The molecule has 28 heavy (non-hydrogen) atoms. The van der Waals surface area contributed by atoms with Crippen molar-refractivity contribution in [1.82, 2.24) is 9.88 Å². The second-order valence-corrected chi connectivity index (χ2v) is 8.30. The van der Waals surface area contributed by atoms with Crippen molar-refractivity contribution in [2.45, 2.75) is 18.7 Å². The normalized spacial score (nSPS) is 10.8. The van der Waals surface area contributed by atoms with E-state index >= 15 is 0 Å². The molecular formula is C21H22N2O3S2. The zero-order chi connectivity index (χ0) is 19.8. The average Bonchev–Trinajstić information content (AvgIpc) is 3.14. The van der Waals surface area contributed by atoms with Crippen molar-refractivity contribution >= 4 is 45.2 Å². The number of hydrogen-bond donors (Lipinski definition) is 0. The summed E-state index contributed by atoms with van der Waals surface area (Å²) in [6, 6.07) is 17.8. The first-order valence-electron chi connectivity index (χ1n) is 8.96. The molecule has 0 radical (unpaired) electrons. The molecule has 0 N–H and O–H groups in total. The number of thioether (sulfide) groups is 1. The highest BCUT2D eigenvalue weighted by Crippen LogP contribution is 2.25. The lowest BCUT2D eigenvalue weighted by Gasteiger charge is -2.22. The molecule has 0 unspecified atom stereocenters. The first kappa shape index (κ1) is 20.4. The molecule has 7 heteroatoms. The summed E-state index contributed by atoms with van der Waals surface area (Å²) in [4.78, 5) is 30.6. The Balaban J connectivity index is 1.56. The Kier molecular flexibility index (Phi) is 7.45. The van der Waals surface area contributed by atoms with Crippen LogP contribution in [0.15, 0.2) is 54.6 Å². The summed E-state index contributed by atoms with van der Waals surface area (Å²) in [6.07, 6.45) is 0.192. The van der Waals surface area contributed by atoms with Crippen molar-refractivity contribution in [3.05, 3.63) is 65.2 Å². The molecule has 3 aromatic rings. The number of carbonyl (C=O) groups is 2. The zero-order valence-corrected chi connectivity index (χ0v) is 17.3. The average molecular weight is 415 g/mol. The maximum Gasteiger partial charge on any atom is 0.307 e. The van der Waals surface area contributed by atoms with Crippen molar-refractivity contribution in [2.75, 3.05) is 19.4 Å². The summed E-state index contributed by atoms with van der Waals surface area (Å²) in [5, 5.41) is 1.02. The van der Waals surface area contributed by atoms with Gasteiger partial charge in [0.1, 0.15) is 5.01 Å². The number of aromatic nitrogens is 1. The van der Waals surface area contributed by atoms with Gasteiger partial charge in [-0.15, -0.1) is 23.1 Å². The van der Waals surface area contributed by atoms with Gasteiger partial charge < -0.3 is 9.64 Å². The molecule has 1 aromatic heterocycles. The number of benzene rings is 2. The maximum atomic E-state index is 12.7. The fourth-order valence-corrected chi connectivity index (χ4v) is 4.67. The van der Waals surface area contributed by atoms with Crippen molar-refractivity contribution in [3.63, 3.8) is 0 Å². The lowest BCUT2D eigenvalue weighted by atomic mass is 10.2. The molecule has 3 rings (SSSR count). The SMILES string of the molecule is COC(=O)CCN(Cc1ccccc1)C(=O)CSCc1nc2ccccc2s1. The number of carbonyl (C=O) groups excluding carboxylic acids is 2. The highest BCUT2D eigenvalue weighted by molar-refractivity contribution is 7.99. The molecule has 2 aromatic carbocycles. The van der Waals surface area contributed by atoms with Gasteiger partial charge in [0.05, 0.1) is 29.5 Å². The Morgan fingerprint density at radius 3 is 2.61 bits per heavy atom. The third-order valence-corrected chi connectivity index (χ3v) is 6.32. The van der Waals surface area contributed by atoms with Crippen LogP contribution in [0.5, 0.6) is 0 Å². The van der Waals surface area contributed by atoms with Gasteiger partial charge in [0, 0.05) is 18.8 Å². The summed E-state index contributed by atoms with van der Waals surface area (Å²) < 4.78 is 5.87. The lowest BCUT2D eigenvalue weighted by Crippen LogP contribution is -2.34. The van der Waals surface area contributed by atoms with Gasteiger partial charge in [-0.2, -0.15) is 0 Å². The number of methoxy groups -OCH3 is 1. The van der Waals surface area contributed by atoms with Gasteiger partial charge in [0.2, 0.25) is 5.91 Å². The van der Waals surface area contributed by atoms with E-state index in [0.29, 0.717) is 24.6 Å². The molecule has 0 aliphatic heterocycles. The Labute approximate surface area is 172 Å². The van der Waals surface area contributed by atoms with Crippen LogP contribution in [0.1, 0.15) is 17.0 Å². The summed E-state index contributed by atoms with van der Waals surface area (Å²) >= 11 is 3.21. The minimum atomic E-state index is -0.312. The summed E-state index contributed by atoms with van der Waals surface area (Å²) in [5.41, 5.74) is 2.04. The predicted octanol–water partition coefficient (Wildman–Crippen LogP) is 4.12. The van der Waals surface area contributed by atoms with Crippen LogP contribution in [0.3, 0.4) is 0 Å². The van der Waals surface area contributed by atoms with Crippen LogP contribution in [-0.2, 0) is 26.6 Å². The minimum Gasteiger partial charge on any atom is -0.469 e. The Morgan fingerprint density at radius 1 is 1.11 bits per heavy atom. The second kappa shape index (κ2) is 10.2. The molecule has 0 aliphatic carbocycles. The molecule has 0 spiro atoms. The number of rotatable bonds is 9. The Hall–Kier alpha value is -2.38. The Bertz CT molecular complexity index is 895. The van der Waals surface area contributed by atoms with Gasteiger partial charge in [-0.05, 0) is 17.7 Å². The van der Waals surface area contributed by atoms with Gasteiger partial charge in [-0.25, -0.2) is 4.98 Å². The monoisotopic (exact) mass is 414 g/mol. The predicted molar refractivity (Wildman–Crippen MR) is 114 cm³/mol. The molecule has 0 atom stereocenters. The van der Waals surface area contributed by atoms with E-state index < -0.39 is 0 Å². The van der Waals surface area contributed by atoms with Gasteiger partial charge in [0.25, 0.3) is 0 Å². The number of esters is 1. The van der Waals surface area contributed by atoms with Crippen LogP contribution >= 0.6 is 23.1 Å². The first-order valence-corrected chi connectivity index (χ1v) is 10.9. The second-order valence-electron chi connectivity index (χ2n) is 6.20. The maximum absolute atomic E-state index is 12.7. The molecule has 146 valence electrons. The van der Waals surface area contributed by atoms with E-state index in [-0.39, 0.29) is 18.3 Å². The number of amides is 1. The molecular weight excluding hydrogens is 392 g/mol. The topological polar surface area (TPSA) is 59.5 Å². The smallest absolute Gasteiger partial charge is 0.307 e. The standard InChI is InChI=1S/C21H22N2O3S2/c1-26-21(25)11-12-23(13-16-7-3-2-4-8-16)20(24)15-27-14-19-22-17-9-5-6-10-18(17)28-19/h2-10H,11-15H2,1H3. The van der Waals surface area contributed by atoms with Crippen molar-refractivity contribution in [1.29, 1.82) is 0 Å². The molecule has 0 bridgehead atoms. The van der Waals surface area contributed by atoms with Crippen molar-refractivity contribution in [3.8, 4) is 0 Å². The van der Waals surface area contributed by atoms with Gasteiger partial charge in [0.15, 0.2) is 0 Å². The van der Waals surface area contributed by atoms with Crippen LogP contribution in [-0.4, -0.2) is 41.2 Å². The third-order valence-electron chi connectivity index (χ3n) is 4.17. The molecule has 1 heterocycles. The van der Waals surface area contributed by atoms with E-state index in [0.717, 1.165) is 20.8 Å². The van der Waals surface area contributed by atoms with E-state index in [1.807, 2.05) is 48.5 Å². The minimum absolute atomic E-state index is 0.0128.